The SMILES string of the molecule is Cl.c1ccc(-c2ccc(CCn3ccnc3)cc2)cc1. The van der Waals surface area contributed by atoms with Gasteiger partial charge in [-0.2, -0.15) is 0 Å². The minimum atomic E-state index is 0. The molecule has 3 aromatic rings. The number of halogens is 1. The smallest absolute Gasteiger partial charge is 0.0946 e. The fourth-order valence-corrected chi connectivity index (χ4v) is 2.17. The van der Waals surface area contributed by atoms with Crippen LogP contribution in [0.4, 0.5) is 0 Å². The van der Waals surface area contributed by atoms with E-state index in [0.717, 1.165) is 13.0 Å². The number of hydrogen-bond acceptors (Lipinski definition) is 1. The van der Waals surface area contributed by atoms with Crippen LogP contribution in [0, 0.1) is 0 Å². The van der Waals surface area contributed by atoms with Crippen LogP contribution in [0.15, 0.2) is 73.3 Å². The first-order valence-electron chi connectivity index (χ1n) is 6.52. The Hall–Kier alpha value is -2.06. The molecule has 0 atom stereocenters. The Labute approximate surface area is 125 Å². The highest BCUT2D eigenvalue weighted by Gasteiger charge is 1.98. The van der Waals surface area contributed by atoms with E-state index < -0.39 is 0 Å². The third-order valence-electron chi connectivity index (χ3n) is 3.28. The van der Waals surface area contributed by atoms with E-state index in [0.29, 0.717) is 0 Å². The highest BCUT2D eigenvalue weighted by atomic mass is 35.5. The Morgan fingerprint density at radius 2 is 1.55 bits per heavy atom. The highest BCUT2D eigenvalue weighted by Crippen LogP contribution is 2.19. The Morgan fingerprint density at radius 1 is 0.850 bits per heavy atom. The van der Waals surface area contributed by atoms with Gasteiger partial charge in [-0.15, -0.1) is 12.4 Å². The first-order valence-corrected chi connectivity index (χ1v) is 6.52. The number of imidazole rings is 1. The fraction of sp³-hybridized carbons (Fsp3) is 0.118. The number of benzene rings is 2. The molecular formula is C17H17ClN2. The van der Waals surface area contributed by atoms with E-state index in [-0.39, 0.29) is 12.4 Å². The van der Waals surface area contributed by atoms with Gasteiger partial charge in [0.1, 0.15) is 0 Å². The lowest BCUT2D eigenvalue weighted by Crippen LogP contribution is -1.98. The molecule has 0 radical (unpaired) electrons. The molecule has 3 heteroatoms. The van der Waals surface area contributed by atoms with Gasteiger partial charge in [0.2, 0.25) is 0 Å². The zero-order valence-corrected chi connectivity index (χ0v) is 12.0. The van der Waals surface area contributed by atoms with Crippen molar-refractivity contribution in [3.63, 3.8) is 0 Å². The van der Waals surface area contributed by atoms with Gasteiger partial charge in [0, 0.05) is 18.9 Å². The van der Waals surface area contributed by atoms with Crippen molar-refractivity contribution in [3.05, 3.63) is 78.9 Å². The molecule has 2 aromatic carbocycles. The van der Waals surface area contributed by atoms with Gasteiger partial charge in [0.05, 0.1) is 6.33 Å². The number of nitrogens with zero attached hydrogens (tertiary/aromatic N) is 2. The molecule has 2 nitrogen and oxygen atoms in total. The summed E-state index contributed by atoms with van der Waals surface area (Å²) in [6.45, 7) is 0.977. The Kier molecular flexibility index (Phi) is 4.97. The largest absolute Gasteiger partial charge is 0.337 e. The van der Waals surface area contributed by atoms with Crippen LogP contribution in [-0.4, -0.2) is 9.55 Å². The maximum Gasteiger partial charge on any atom is 0.0946 e. The highest BCUT2D eigenvalue weighted by molar-refractivity contribution is 5.85. The van der Waals surface area contributed by atoms with Crippen LogP contribution in [-0.2, 0) is 13.0 Å². The van der Waals surface area contributed by atoms with Gasteiger partial charge < -0.3 is 4.57 Å². The van der Waals surface area contributed by atoms with Gasteiger partial charge in [-0.05, 0) is 23.1 Å². The molecule has 0 unspecified atom stereocenters. The van der Waals surface area contributed by atoms with Crippen LogP contribution in [0.25, 0.3) is 11.1 Å². The molecule has 20 heavy (non-hydrogen) atoms. The van der Waals surface area contributed by atoms with Crippen molar-refractivity contribution >= 4 is 12.4 Å². The molecular weight excluding hydrogens is 268 g/mol. The summed E-state index contributed by atoms with van der Waals surface area (Å²) in [5.41, 5.74) is 3.89. The standard InChI is InChI=1S/C17H16N2.ClH/c1-2-4-16(5-3-1)17-8-6-15(7-9-17)10-12-19-13-11-18-14-19;/h1-9,11,13-14H,10,12H2;1H. The van der Waals surface area contributed by atoms with E-state index >= 15 is 0 Å². The summed E-state index contributed by atoms with van der Waals surface area (Å²) >= 11 is 0. The van der Waals surface area contributed by atoms with Crippen molar-refractivity contribution in [1.29, 1.82) is 0 Å². The molecule has 0 saturated carbocycles. The minimum Gasteiger partial charge on any atom is -0.337 e. The van der Waals surface area contributed by atoms with Gasteiger partial charge in [-0.1, -0.05) is 54.6 Å². The molecule has 102 valence electrons. The summed E-state index contributed by atoms with van der Waals surface area (Å²) in [7, 11) is 0. The number of rotatable bonds is 4. The van der Waals surface area contributed by atoms with E-state index in [1.54, 1.807) is 0 Å². The van der Waals surface area contributed by atoms with Gasteiger partial charge in [0.25, 0.3) is 0 Å². The minimum absolute atomic E-state index is 0. The summed E-state index contributed by atoms with van der Waals surface area (Å²) in [4.78, 5) is 4.05. The second kappa shape index (κ2) is 6.92. The van der Waals surface area contributed by atoms with E-state index in [1.165, 1.54) is 16.7 Å². The molecule has 0 fully saturated rings. The van der Waals surface area contributed by atoms with Crippen LogP contribution < -0.4 is 0 Å². The van der Waals surface area contributed by atoms with Gasteiger partial charge in [-0.3, -0.25) is 0 Å². The predicted octanol–water partition coefficient (Wildman–Crippen LogP) is 4.21. The lowest BCUT2D eigenvalue weighted by Gasteiger charge is -2.05. The quantitative estimate of drug-likeness (QED) is 0.701. The molecule has 0 amide bonds. The molecule has 0 aliphatic carbocycles. The van der Waals surface area contributed by atoms with Crippen molar-refractivity contribution in [2.45, 2.75) is 13.0 Å². The molecule has 0 saturated heterocycles. The second-order valence-electron chi connectivity index (χ2n) is 4.61. The average Bonchev–Trinajstić information content (AvgIpc) is 3.00. The maximum absolute atomic E-state index is 4.05. The first-order chi connectivity index (χ1) is 9.42. The van der Waals surface area contributed by atoms with E-state index in [2.05, 4.69) is 58.1 Å². The summed E-state index contributed by atoms with van der Waals surface area (Å²) in [5, 5.41) is 0. The van der Waals surface area contributed by atoms with E-state index in [4.69, 9.17) is 0 Å². The zero-order chi connectivity index (χ0) is 12.9. The maximum atomic E-state index is 4.05. The molecule has 0 aliphatic heterocycles. The molecule has 0 N–H and O–H groups in total. The van der Waals surface area contributed by atoms with Crippen LogP contribution in [0.2, 0.25) is 0 Å². The van der Waals surface area contributed by atoms with Gasteiger partial charge in [-0.25, -0.2) is 4.98 Å². The predicted molar refractivity (Wildman–Crippen MR) is 85.1 cm³/mol. The van der Waals surface area contributed by atoms with Crippen molar-refractivity contribution in [3.8, 4) is 11.1 Å². The summed E-state index contributed by atoms with van der Waals surface area (Å²) in [5.74, 6) is 0. The van der Waals surface area contributed by atoms with Gasteiger partial charge >= 0.3 is 0 Å². The monoisotopic (exact) mass is 284 g/mol. The van der Waals surface area contributed by atoms with E-state index in [9.17, 15) is 0 Å². The summed E-state index contributed by atoms with van der Waals surface area (Å²) in [6.07, 6.45) is 6.71. The zero-order valence-electron chi connectivity index (χ0n) is 11.1. The molecule has 0 aliphatic rings. The Bertz CT molecular complexity index is 616. The van der Waals surface area contributed by atoms with Crippen molar-refractivity contribution in [1.82, 2.24) is 9.55 Å². The molecule has 3 rings (SSSR count). The first kappa shape index (κ1) is 14.4. The van der Waals surface area contributed by atoms with Crippen LogP contribution in [0.3, 0.4) is 0 Å². The number of hydrogen-bond donors (Lipinski definition) is 0. The van der Waals surface area contributed by atoms with Gasteiger partial charge in [0.15, 0.2) is 0 Å². The molecule has 0 spiro atoms. The van der Waals surface area contributed by atoms with E-state index in [1.807, 2.05) is 24.8 Å². The number of aromatic nitrogens is 2. The molecule has 1 aromatic heterocycles. The van der Waals surface area contributed by atoms with Crippen LogP contribution in [0.1, 0.15) is 5.56 Å². The Balaban J connectivity index is 0.00000147. The number of aryl methyl sites for hydroxylation is 2. The summed E-state index contributed by atoms with van der Waals surface area (Å²) < 4.78 is 2.10. The van der Waals surface area contributed by atoms with Crippen molar-refractivity contribution < 1.29 is 0 Å². The third-order valence-corrected chi connectivity index (χ3v) is 3.28. The lowest BCUT2D eigenvalue weighted by atomic mass is 10.0. The van der Waals surface area contributed by atoms with Crippen LogP contribution >= 0.6 is 12.4 Å². The lowest BCUT2D eigenvalue weighted by molar-refractivity contribution is 0.696. The van der Waals surface area contributed by atoms with Crippen LogP contribution in [0.5, 0.6) is 0 Å². The topological polar surface area (TPSA) is 17.8 Å². The third kappa shape index (κ3) is 3.49. The molecule has 0 bridgehead atoms. The van der Waals surface area contributed by atoms with Crippen molar-refractivity contribution in [2.24, 2.45) is 0 Å². The summed E-state index contributed by atoms with van der Waals surface area (Å²) in [6, 6.07) is 19.3. The molecule has 1 heterocycles. The average molecular weight is 285 g/mol. The normalized spacial score (nSPS) is 10.0. The van der Waals surface area contributed by atoms with Crippen molar-refractivity contribution in [2.75, 3.05) is 0 Å². The Morgan fingerprint density at radius 3 is 2.20 bits per heavy atom. The fourth-order valence-electron chi connectivity index (χ4n) is 2.17. The second-order valence-corrected chi connectivity index (χ2v) is 4.61.